The number of ether oxygens (including phenoxy) is 1. The van der Waals surface area contributed by atoms with Gasteiger partial charge in [-0.2, -0.15) is 0 Å². The molecule has 19 heavy (non-hydrogen) atoms. The Balaban J connectivity index is 2.00. The van der Waals surface area contributed by atoms with Crippen LogP contribution >= 0.6 is 0 Å². The van der Waals surface area contributed by atoms with Crippen LogP contribution in [0.25, 0.3) is 0 Å². The summed E-state index contributed by atoms with van der Waals surface area (Å²) in [5, 5.41) is 5.92. The van der Waals surface area contributed by atoms with Crippen molar-refractivity contribution in [2.45, 2.75) is 12.8 Å². The second kappa shape index (κ2) is 6.43. The van der Waals surface area contributed by atoms with Crippen molar-refractivity contribution in [1.82, 2.24) is 5.32 Å². The third-order valence-corrected chi connectivity index (χ3v) is 3.38. The minimum atomic E-state index is -0.107. The molecule has 1 aromatic carbocycles. The second-order valence-corrected chi connectivity index (χ2v) is 4.85. The van der Waals surface area contributed by atoms with Gasteiger partial charge in [0.15, 0.2) is 0 Å². The van der Waals surface area contributed by atoms with E-state index in [1.807, 2.05) is 0 Å². The van der Waals surface area contributed by atoms with Crippen LogP contribution in [0.1, 0.15) is 23.2 Å². The molecular weight excluding hydrogens is 242 g/mol. The predicted molar refractivity (Wildman–Crippen MR) is 76.3 cm³/mol. The smallest absolute Gasteiger partial charge is 0.251 e. The lowest BCUT2D eigenvalue weighted by molar-refractivity contribution is 0.0595. The Bertz CT molecular complexity index is 442. The van der Waals surface area contributed by atoms with Crippen molar-refractivity contribution < 1.29 is 9.53 Å². The summed E-state index contributed by atoms with van der Waals surface area (Å²) in [7, 11) is 1.62. The first kappa shape index (κ1) is 13.7. The standard InChI is InChI=1S/C14H21N3O2/c1-16-14(18)11-4-5-12(15)13(7-11)17-8-10-3-2-6-19-9-10/h4-5,7,10,17H,2-3,6,8-9,15H2,1H3,(H,16,18). The number of carbonyl (C=O) groups is 1. The van der Waals surface area contributed by atoms with Crippen molar-refractivity contribution in [3.05, 3.63) is 23.8 Å². The van der Waals surface area contributed by atoms with Crippen molar-refractivity contribution in [3.63, 3.8) is 0 Å². The van der Waals surface area contributed by atoms with Gasteiger partial charge >= 0.3 is 0 Å². The maximum Gasteiger partial charge on any atom is 0.251 e. The lowest BCUT2D eigenvalue weighted by Gasteiger charge is -2.23. The third kappa shape index (κ3) is 3.61. The Morgan fingerprint density at radius 2 is 2.37 bits per heavy atom. The van der Waals surface area contributed by atoms with E-state index >= 15 is 0 Å². The fourth-order valence-electron chi connectivity index (χ4n) is 2.22. The fraction of sp³-hybridized carbons (Fsp3) is 0.500. The molecule has 0 saturated carbocycles. The average Bonchev–Trinajstić information content (AvgIpc) is 2.46. The van der Waals surface area contributed by atoms with Crippen LogP contribution in [0.2, 0.25) is 0 Å². The summed E-state index contributed by atoms with van der Waals surface area (Å²) < 4.78 is 5.44. The zero-order valence-electron chi connectivity index (χ0n) is 11.2. The maximum absolute atomic E-state index is 11.6. The van der Waals surface area contributed by atoms with Crippen LogP contribution in [0, 0.1) is 5.92 Å². The predicted octanol–water partition coefficient (Wildman–Crippen LogP) is 1.47. The number of carbonyl (C=O) groups excluding carboxylic acids is 1. The minimum absolute atomic E-state index is 0.107. The van der Waals surface area contributed by atoms with Crippen LogP contribution in [0.15, 0.2) is 18.2 Å². The summed E-state index contributed by atoms with van der Waals surface area (Å²) >= 11 is 0. The molecule has 5 heteroatoms. The molecule has 4 N–H and O–H groups in total. The highest BCUT2D eigenvalue weighted by Crippen LogP contribution is 2.22. The first-order valence-electron chi connectivity index (χ1n) is 6.64. The number of amides is 1. The van der Waals surface area contributed by atoms with E-state index in [1.165, 1.54) is 6.42 Å². The zero-order valence-corrected chi connectivity index (χ0v) is 11.2. The van der Waals surface area contributed by atoms with E-state index in [0.717, 1.165) is 31.9 Å². The molecule has 1 aromatic rings. The number of nitrogen functional groups attached to an aromatic ring is 1. The summed E-state index contributed by atoms with van der Waals surface area (Å²) in [6, 6.07) is 5.27. The molecule has 5 nitrogen and oxygen atoms in total. The first-order valence-corrected chi connectivity index (χ1v) is 6.64. The van der Waals surface area contributed by atoms with E-state index < -0.39 is 0 Å². The summed E-state index contributed by atoms with van der Waals surface area (Å²) in [6.45, 7) is 2.48. The van der Waals surface area contributed by atoms with Crippen molar-refractivity contribution in [1.29, 1.82) is 0 Å². The highest BCUT2D eigenvalue weighted by atomic mass is 16.5. The van der Waals surface area contributed by atoms with Crippen LogP contribution in [-0.2, 0) is 4.74 Å². The molecule has 0 aromatic heterocycles. The third-order valence-electron chi connectivity index (χ3n) is 3.38. The second-order valence-electron chi connectivity index (χ2n) is 4.85. The Kier molecular flexibility index (Phi) is 4.63. The molecule has 1 fully saturated rings. The maximum atomic E-state index is 11.6. The largest absolute Gasteiger partial charge is 0.397 e. The molecule has 1 saturated heterocycles. The molecule has 1 aliphatic heterocycles. The number of rotatable bonds is 4. The van der Waals surface area contributed by atoms with Crippen molar-refractivity contribution in [2.24, 2.45) is 5.92 Å². The van der Waals surface area contributed by atoms with Gasteiger partial charge in [-0.3, -0.25) is 4.79 Å². The molecule has 0 spiro atoms. The molecule has 0 bridgehead atoms. The van der Waals surface area contributed by atoms with Crippen LogP contribution < -0.4 is 16.4 Å². The highest BCUT2D eigenvalue weighted by Gasteiger charge is 2.14. The summed E-state index contributed by atoms with van der Waals surface area (Å²) in [5.74, 6) is 0.404. The topological polar surface area (TPSA) is 76.4 Å². The molecule has 2 rings (SSSR count). The molecule has 1 aliphatic rings. The van der Waals surface area contributed by atoms with E-state index in [0.29, 0.717) is 17.2 Å². The normalized spacial score (nSPS) is 18.9. The lowest BCUT2D eigenvalue weighted by atomic mass is 10.0. The van der Waals surface area contributed by atoms with Gasteiger partial charge in [-0.25, -0.2) is 0 Å². The monoisotopic (exact) mass is 263 g/mol. The number of nitrogens with one attached hydrogen (secondary N) is 2. The molecule has 1 unspecified atom stereocenters. The van der Waals surface area contributed by atoms with Gasteiger partial charge in [0.25, 0.3) is 5.91 Å². The van der Waals surface area contributed by atoms with Crippen molar-refractivity contribution in [2.75, 3.05) is 37.9 Å². The van der Waals surface area contributed by atoms with E-state index in [2.05, 4.69) is 10.6 Å². The molecule has 0 aliphatic carbocycles. The van der Waals surface area contributed by atoms with E-state index in [-0.39, 0.29) is 5.91 Å². The average molecular weight is 263 g/mol. The molecule has 104 valence electrons. The van der Waals surface area contributed by atoms with E-state index in [9.17, 15) is 4.79 Å². The van der Waals surface area contributed by atoms with Gasteiger partial charge in [0.05, 0.1) is 18.0 Å². The number of hydrogen-bond acceptors (Lipinski definition) is 4. The van der Waals surface area contributed by atoms with Crippen LogP contribution in [-0.4, -0.2) is 32.7 Å². The number of hydrogen-bond donors (Lipinski definition) is 3. The SMILES string of the molecule is CNC(=O)c1ccc(N)c(NCC2CCCOC2)c1. The van der Waals surface area contributed by atoms with Crippen LogP contribution in [0.4, 0.5) is 11.4 Å². The number of nitrogens with two attached hydrogens (primary N) is 1. The Hall–Kier alpha value is -1.75. The molecule has 1 atom stereocenters. The summed E-state index contributed by atoms with van der Waals surface area (Å²) in [5.41, 5.74) is 8.00. The van der Waals surface area contributed by atoms with Gasteiger partial charge < -0.3 is 21.1 Å². The Morgan fingerprint density at radius 1 is 1.53 bits per heavy atom. The minimum Gasteiger partial charge on any atom is -0.397 e. The van der Waals surface area contributed by atoms with Gasteiger partial charge in [-0.1, -0.05) is 0 Å². The fourth-order valence-corrected chi connectivity index (χ4v) is 2.22. The number of benzene rings is 1. The van der Waals surface area contributed by atoms with Crippen molar-refractivity contribution >= 4 is 17.3 Å². The van der Waals surface area contributed by atoms with Crippen LogP contribution in [0.5, 0.6) is 0 Å². The van der Waals surface area contributed by atoms with Gasteiger partial charge in [0, 0.05) is 25.8 Å². The van der Waals surface area contributed by atoms with E-state index in [4.69, 9.17) is 10.5 Å². The Labute approximate surface area is 113 Å². The van der Waals surface area contributed by atoms with Gasteiger partial charge in [-0.15, -0.1) is 0 Å². The van der Waals surface area contributed by atoms with Gasteiger partial charge in [-0.05, 0) is 37.0 Å². The van der Waals surface area contributed by atoms with Crippen LogP contribution in [0.3, 0.4) is 0 Å². The first-order chi connectivity index (χ1) is 9.20. The van der Waals surface area contributed by atoms with E-state index in [1.54, 1.807) is 25.2 Å². The highest BCUT2D eigenvalue weighted by molar-refractivity contribution is 5.96. The summed E-state index contributed by atoms with van der Waals surface area (Å²) in [4.78, 5) is 11.6. The lowest BCUT2D eigenvalue weighted by Crippen LogP contribution is -2.25. The molecule has 1 amide bonds. The quantitative estimate of drug-likeness (QED) is 0.719. The van der Waals surface area contributed by atoms with Gasteiger partial charge in [0.2, 0.25) is 0 Å². The Morgan fingerprint density at radius 3 is 3.05 bits per heavy atom. The summed E-state index contributed by atoms with van der Waals surface area (Å²) in [6.07, 6.45) is 2.28. The number of anilines is 2. The zero-order chi connectivity index (χ0) is 13.7. The molecule has 1 heterocycles. The molecular formula is C14H21N3O2. The van der Waals surface area contributed by atoms with Gasteiger partial charge in [0.1, 0.15) is 0 Å². The molecule has 0 radical (unpaired) electrons. The van der Waals surface area contributed by atoms with Crippen molar-refractivity contribution in [3.8, 4) is 0 Å².